The second-order valence-electron chi connectivity index (χ2n) is 8.43. The second-order valence-corrected chi connectivity index (χ2v) is 8.43. The van der Waals surface area contributed by atoms with Crippen LogP contribution in [-0.4, -0.2) is 63.2 Å². The summed E-state index contributed by atoms with van der Waals surface area (Å²) in [5.41, 5.74) is 5.08. The van der Waals surface area contributed by atoms with Crippen LogP contribution in [0.15, 0.2) is 18.2 Å². The number of piperazine rings is 1. The Labute approximate surface area is 177 Å². The van der Waals surface area contributed by atoms with Crippen molar-refractivity contribution < 1.29 is 28.9 Å². The van der Waals surface area contributed by atoms with E-state index in [0.29, 0.717) is 29.1 Å². The summed E-state index contributed by atoms with van der Waals surface area (Å²) in [7, 11) is 1.36. The number of hydrogen-bond donors (Lipinski definition) is 3. The highest BCUT2D eigenvalue weighted by Gasteiger charge is 2.28. The summed E-state index contributed by atoms with van der Waals surface area (Å²) in [4.78, 5) is 30.8. The Balaban J connectivity index is 1.32. The van der Waals surface area contributed by atoms with E-state index < -0.39 is 5.97 Å². The van der Waals surface area contributed by atoms with Gasteiger partial charge >= 0.3 is 5.97 Å². The van der Waals surface area contributed by atoms with Crippen LogP contribution in [0.25, 0.3) is 0 Å². The Morgan fingerprint density at radius 3 is 2.60 bits per heavy atom. The molecule has 0 saturated carbocycles. The predicted octanol–water partition coefficient (Wildman–Crippen LogP) is -0.481. The standard InChI is InChI=1S/C23H29N3O4/c1-15-21(23(28)29-3)16(2)24-22(15)19(27)14-26-9-7-25(8-10-26)13-17-4-5-20-18(12-17)6-11-30-20/h4-5,12,24H,6-11,13-14H2,1-3H3/p+2. The number of ketones is 1. The number of carbonyl (C=O) groups is 2. The summed E-state index contributed by atoms with van der Waals surface area (Å²) in [6, 6.07) is 6.56. The molecule has 2 aliphatic heterocycles. The van der Waals surface area contributed by atoms with Crippen molar-refractivity contribution in [1.29, 1.82) is 0 Å². The molecular weight excluding hydrogens is 382 g/mol. The zero-order valence-corrected chi connectivity index (χ0v) is 18.0. The SMILES string of the molecule is COC(=O)c1c(C)[nH]c(C(=O)C[NH+]2CC[NH+](Cc3ccc4c(c3)CCO4)CC2)c1C. The first-order valence-electron chi connectivity index (χ1n) is 10.7. The number of ether oxygens (including phenoxy) is 2. The van der Waals surface area contributed by atoms with Crippen LogP contribution in [0.5, 0.6) is 5.75 Å². The summed E-state index contributed by atoms with van der Waals surface area (Å²) in [5.74, 6) is 0.692. The highest BCUT2D eigenvalue weighted by Crippen LogP contribution is 2.25. The number of H-pyrrole nitrogens is 1. The topological polar surface area (TPSA) is 77.3 Å². The molecule has 3 N–H and O–H groups in total. The van der Waals surface area contributed by atoms with Gasteiger partial charge in [0.25, 0.3) is 0 Å². The van der Waals surface area contributed by atoms with Crippen molar-refractivity contribution in [2.75, 3.05) is 46.4 Å². The first-order chi connectivity index (χ1) is 14.5. The first-order valence-corrected chi connectivity index (χ1v) is 10.7. The molecule has 1 aromatic heterocycles. The Kier molecular flexibility index (Phi) is 5.92. The normalized spacial score (nSPS) is 20.5. The third kappa shape index (κ3) is 4.13. The van der Waals surface area contributed by atoms with E-state index in [9.17, 15) is 9.59 Å². The summed E-state index contributed by atoms with van der Waals surface area (Å²) in [6.45, 7) is 9.91. The molecular formula is C23H31N3O4+2. The number of Topliss-reactive ketones (excluding diaryl/α,β-unsaturated/α-hetero) is 1. The highest BCUT2D eigenvalue weighted by molar-refractivity contribution is 6.01. The third-order valence-corrected chi connectivity index (χ3v) is 6.39. The van der Waals surface area contributed by atoms with Crippen LogP contribution < -0.4 is 14.5 Å². The Bertz CT molecular complexity index is 958. The monoisotopic (exact) mass is 413 g/mol. The van der Waals surface area contributed by atoms with E-state index in [4.69, 9.17) is 9.47 Å². The summed E-state index contributed by atoms with van der Waals surface area (Å²) in [5, 5.41) is 0. The van der Waals surface area contributed by atoms with Crippen molar-refractivity contribution >= 4 is 11.8 Å². The fourth-order valence-electron chi connectivity index (χ4n) is 4.70. The van der Waals surface area contributed by atoms with Gasteiger partial charge in [0.05, 0.1) is 25.0 Å². The van der Waals surface area contributed by atoms with E-state index in [2.05, 4.69) is 23.2 Å². The number of rotatable bonds is 6. The number of carbonyl (C=O) groups excluding carboxylic acids is 2. The van der Waals surface area contributed by atoms with Gasteiger partial charge in [-0.2, -0.15) is 0 Å². The molecule has 30 heavy (non-hydrogen) atoms. The first kappa shape index (κ1) is 20.6. The fourth-order valence-corrected chi connectivity index (χ4v) is 4.70. The van der Waals surface area contributed by atoms with Gasteiger partial charge in [0.2, 0.25) is 5.78 Å². The molecule has 0 spiro atoms. The summed E-state index contributed by atoms with van der Waals surface area (Å²) in [6.07, 6.45) is 1.01. The predicted molar refractivity (Wildman–Crippen MR) is 112 cm³/mol. The smallest absolute Gasteiger partial charge is 0.339 e. The zero-order chi connectivity index (χ0) is 21.3. The van der Waals surface area contributed by atoms with Gasteiger partial charge in [0, 0.05) is 17.7 Å². The maximum absolute atomic E-state index is 12.9. The number of benzene rings is 1. The second kappa shape index (κ2) is 8.62. The Morgan fingerprint density at radius 2 is 1.87 bits per heavy atom. The van der Waals surface area contributed by atoms with Crippen LogP contribution in [-0.2, 0) is 17.7 Å². The van der Waals surface area contributed by atoms with Gasteiger partial charge in [-0.3, -0.25) is 4.79 Å². The summed E-state index contributed by atoms with van der Waals surface area (Å²) < 4.78 is 10.4. The van der Waals surface area contributed by atoms with Crippen molar-refractivity contribution in [2.45, 2.75) is 26.8 Å². The molecule has 2 aromatic rings. The lowest BCUT2D eigenvalue weighted by Gasteiger charge is -2.29. The van der Waals surface area contributed by atoms with E-state index in [1.165, 1.54) is 23.1 Å². The van der Waals surface area contributed by atoms with Crippen LogP contribution in [0.4, 0.5) is 0 Å². The molecule has 3 heterocycles. The molecule has 7 nitrogen and oxygen atoms in total. The quantitative estimate of drug-likeness (QED) is 0.442. The van der Waals surface area contributed by atoms with Crippen LogP contribution in [0.3, 0.4) is 0 Å². The van der Waals surface area contributed by atoms with Gasteiger partial charge < -0.3 is 24.3 Å². The van der Waals surface area contributed by atoms with Crippen molar-refractivity contribution in [1.82, 2.24) is 4.98 Å². The number of hydrogen-bond acceptors (Lipinski definition) is 4. The van der Waals surface area contributed by atoms with Crippen molar-refractivity contribution in [3.63, 3.8) is 0 Å². The van der Waals surface area contributed by atoms with E-state index in [0.717, 1.165) is 51.5 Å². The molecule has 7 heteroatoms. The van der Waals surface area contributed by atoms with Gasteiger partial charge in [-0.05, 0) is 43.2 Å². The minimum absolute atomic E-state index is 0.0582. The van der Waals surface area contributed by atoms with Gasteiger partial charge in [-0.1, -0.05) is 0 Å². The summed E-state index contributed by atoms with van der Waals surface area (Å²) >= 11 is 0. The average molecular weight is 414 g/mol. The van der Waals surface area contributed by atoms with Crippen LogP contribution in [0.2, 0.25) is 0 Å². The van der Waals surface area contributed by atoms with Crippen molar-refractivity contribution in [3.8, 4) is 5.75 Å². The average Bonchev–Trinajstić information content (AvgIpc) is 3.32. The molecule has 0 aliphatic carbocycles. The maximum Gasteiger partial charge on any atom is 0.339 e. The molecule has 0 radical (unpaired) electrons. The molecule has 160 valence electrons. The molecule has 1 saturated heterocycles. The van der Waals surface area contributed by atoms with Gasteiger partial charge in [0.1, 0.15) is 45.0 Å². The molecule has 4 rings (SSSR count). The number of aryl methyl sites for hydroxylation is 1. The molecule has 1 aromatic carbocycles. The van der Waals surface area contributed by atoms with E-state index >= 15 is 0 Å². The number of nitrogens with one attached hydrogen (secondary N) is 3. The molecule has 1 fully saturated rings. The lowest BCUT2D eigenvalue weighted by Crippen LogP contribution is -3.27. The zero-order valence-electron chi connectivity index (χ0n) is 18.0. The fraction of sp³-hybridized carbons (Fsp3) is 0.478. The van der Waals surface area contributed by atoms with Crippen LogP contribution in [0, 0.1) is 13.8 Å². The Hall–Kier alpha value is -2.64. The molecule has 0 unspecified atom stereocenters. The number of esters is 1. The van der Waals surface area contributed by atoms with Crippen molar-refractivity contribution in [2.24, 2.45) is 0 Å². The Morgan fingerprint density at radius 1 is 1.13 bits per heavy atom. The van der Waals surface area contributed by atoms with E-state index in [1.807, 2.05) is 6.92 Å². The third-order valence-electron chi connectivity index (χ3n) is 6.39. The number of aromatic amines is 1. The maximum atomic E-state index is 12.9. The molecule has 2 aliphatic rings. The van der Waals surface area contributed by atoms with Gasteiger partial charge in [0.15, 0.2) is 0 Å². The molecule has 0 amide bonds. The molecule has 0 bridgehead atoms. The van der Waals surface area contributed by atoms with Crippen LogP contribution >= 0.6 is 0 Å². The van der Waals surface area contributed by atoms with E-state index in [1.54, 1.807) is 11.8 Å². The number of aromatic nitrogens is 1. The van der Waals surface area contributed by atoms with Crippen molar-refractivity contribution in [3.05, 3.63) is 51.8 Å². The lowest BCUT2D eigenvalue weighted by molar-refractivity contribution is -1.01. The van der Waals surface area contributed by atoms with Crippen LogP contribution in [0.1, 0.15) is 43.2 Å². The number of fused-ring (bicyclic) bond motifs is 1. The van der Waals surface area contributed by atoms with E-state index in [-0.39, 0.29) is 5.78 Å². The molecule has 0 atom stereocenters. The lowest BCUT2D eigenvalue weighted by atomic mass is 10.1. The minimum atomic E-state index is -0.400. The number of quaternary nitrogens is 2. The van der Waals surface area contributed by atoms with Gasteiger partial charge in [-0.25, -0.2) is 4.79 Å². The minimum Gasteiger partial charge on any atom is -0.493 e. The largest absolute Gasteiger partial charge is 0.493 e. The van der Waals surface area contributed by atoms with Gasteiger partial charge in [-0.15, -0.1) is 0 Å². The highest BCUT2D eigenvalue weighted by atomic mass is 16.5. The number of methoxy groups -OCH3 is 1.